The molecule has 0 radical (unpaired) electrons. The van der Waals surface area contributed by atoms with E-state index in [9.17, 15) is 13.2 Å². The summed E-state index contributed by atoms with van der Waals surface area (Å²) >= 11 is 1.50. The van der Waals surface area contributed by atoms with Crippen LogP contribution < -0.4 is 5.73 Å². The molecule has 0 atom stereocenters. The molecule has 2 heterocycles. The van der Waals surface area contributed by atoms with Crippen LogP contribution in [0, 0.1) is 0 Å². The Morgan fingerprint density at radius 1 is 0.917 bits per heavy atom. The summed E-state index contributed by atoms with van der Waals surface area (Å²) in [7, 11) is -3.29. The minimum atomic E-state index is -3.29. The number of benzene rings is 3. The SMILES string of the molecule is CS(=O)(=O)c1ccc(/C(=C/c2cccc(-c3cc(C(N)=O)cc4cccnc34)c2)c2nccs2)cc1. The van der Waals surface area contributed by atoms with Crippen molar-refractivity contribution in [3.8, 4) is 11.1 Å². The number of thiazole rings is 1. The zero-order valence-corrected chi connectivity index (χ0v) is 20.9. The average molecular weight is 512 g/mol. The Balaban J connectivity index is 1.64. The van der Waals surface area contributed by atoms with E-state index in [1.165, 1.54) is 17.6 Å². The van der Waals surface area contributed by atoms with Crippen LogP contribution in [-0.2, 0) is 9.84 Å². The number of fused-ring (bicyclic) bond motifs is 1. The van der Waals surface area contributed by atoms with Gasteiger partial charge in [-0.15, -0.1) is 11.3 Å². The Morgan fingerprint density at radius 2 is 1.72 bits per heavy atom. The summed E-state index contributed by atoms with van der Waals surface area (Å²) in [6.07, 6.45) is 6.67. The van der Waals surface area contributed by atoms with Crippen molar-refractivity contribution < 1.29 is 13.2 Å². The molecule has 178 valence electrons. The second kappa shape index (κ2) is 9.49. The fourth-order valence-electron chi connectivity index (χ4n) is 4.02. The van der Waals surface area contributed by atoms with Gasteiger partial charge in [0.25, 0.3) is 0 Å². The molecular formula is C28H21N3O3S2. The number of nitrogens with zero attached hydrogens (tertiary/aromatic N) is 2. The van der Waals surface area contributed by atoms with Crippen molar-refractivity contribution in [2.75, 3.05) is 6.26 Å². The van der Waals surface area contributed by atoms with Crippen molar-refractivity contribution in [1.82, 2.24) is 9.97 Å². The molecule has 0 unspecified atom stereocenters. The smallest absolute Gasteiger partial charge is 0.248 e. The summed E-state index contributed by atoms with van der Waals surface area (Å²) < 4.78 is 23.8. The Labute approximate surface area is 212 Å². The summed E-state index contributed by atoms with van der Waals surface area (Å²) in [4.78, 5) is 21.3. The molecule has 5 aromatic rings. The Hall–Kier alpha value is -4.14. The maximum absolute atomic E-state index is 12.0. The number of carbonyl (C=O) groups excluding carboxylic acids is 1. The minimum absolute atomic E-state index is 0.264. The summed E-state index contributed by atoms with van der Waals surface area (Å²) in [5.74, 6) is -0.498. The zero-order valence-electron chi connectivity index (χ0n) is 19.3. The Kier molecular flexibility index (Phi) is 6.22. The van der Waals surface area contributed by atoms with Gasteiger partial charge in [-0.1, -0.05) is 36.4 Å². The molecule has 0 aliphatic heterocycles. The molecule has 1 amide bonds. The summed E-state index contributed by atoms with van der Waals surface area (Å²) in [5, 5.41) is 3.55. The molecular weight excluding hydrogens is 490 g/mol. The van der Waals surface area contributed by atoms with Crippen LogP contribution in [0.1, 0.15) is 26.5 Å². The van der Waals surface area contributed by atoms with Gasteiger partial charge in [-0.25, -0.2) is 13.4 Å². The lowest BCUT2D eigenvalue weighted by Crippen LogP contribution is -2.11. The summed E-state index contributed by atoms with van der Waals surface area (Å²) in [6.45, 7) is 0. The van der Waals surface area contributed by atoms with Crippen LogP contribution in [0.3, 0.4) is 0 Å². The maximum Gasteiger partial charge on any atom is 0.248 e. The topological polar surface area (TPSA) is 103 Å². The molecule has 8 heteroatoms. The van der Waals surface area contributed by atoms with E-state index >= 15 is 0 Å². The fourth-order valence-corrected chi connectivity index (χ4v) is 5.33. The molecule has 5 rings (SSSR count). The molecule has 2 N–H and O–H groups in total. The van der Waals surface area contributed by atoms with E-state index in [0.717, 1.165) is 43.7 Å². The van der Waals surface area contributed by atoms with Gasteiger partial charge in [0, 0.05) is 46.1 Å². The van der Waals surface area contributed by atoms with E-state index in [1.54, 1.807) is 48.8 Å². The van der Waals surface area contributed by atoms with E-state index in [-0.39, 0.29) is 4.90 Å². The monoisotopic (exact) mass is 511 g/mol. The predicted octanol–water partition coefficient (Wildman–Crippen LogP) is 5.45. The van der Waals surface area contributed by atoms with Crippen molar-refractivity contribution >= 4 is 49.6 Å². The maximum atomic E-state index is 12.0. The molecule has 0 saturated carbocycles. The van der Waals surface area contributed by atoms with Gasteiger partial charge >= 0.3 is 0 Å². The van der Waals surface area contributed by atoms with Crippen molar-refractivity contribution in [2.24, 2.45) is 5.73 Å². The van der Waals surface area contributed by atoms with Gasteiger partial charge < -0.3 is 5.73 Å². The molecule has 3 aromatic carbocycles. The number of rotatable bonds is 6. The average Bonchev–Trinajstić information content (AvgIpc) is 3.41. The number of nitrogens with two attached hydrogens (primary N) is 1. The number of aromatic nitrogens is 2. The van der Waals surface area contributed by atoms with Crippen LogP contribution in [-0.4, -0.2) is 30.5 Å². The molecule has 0 fully saturated rings. The third-order valence-electron chi connectivity index (χ3n) is 5.75. The molecule has 6 nitrogen and oxygen atoms in total. The molecule has 0 spiro atoms. The molecule has 36 heavy (non-hydrogen) atoms. The van der Waals surface area contributed by atoms with Crippen molar-refractivity contribution in [1.29, 1.82) is 0 Å². The second-order valence-electron chi connectivity index (χ2n) is 8.28. The van der Waals surface area contributed by atoms with Gasteiger partial charge in [0.15, 0.2) is 9.84 Å². The first-order chi connectivity index (χ1) is 17.3. The lowest BCUT2D eigenvalue weighted by atomic mass is 9.96. The van der Waals surface area contributed by atoms with Crippen molar-refractivity contribution in [3.63, 3.8) is 0 Å². The first kappa shape index (κ1) is 23.6. The summed E-state index contributed by atoms with van der Waals surface area (Å²) in [5.41, 5.74) is 11.1. The summed E-state index contributed by atoms with van der Waals surface area (Å²) in [6, 6.07) is 22.0. The van der Waals surface area contributed by atoms with Crippen molar-refractivity contribution in [3.05, 3.63) is 112 Å². The van der Waals surface area contributed by atoms with Crippen molar-refractivity contribution in [2.45, 2.75) is 4.90 Å². The van der Waals surface area contributed by atoms with Gasteiger partial charge in [0.2, 0.25) is 5.91 Å². The number of carbonyl (C=O) groups is 1. The highest BCUT2D eigenvalue weighted by Gasteiger charge is 2.13. The van der Waals surface area contributed by atoms with E-state index in [2.05, 4.69) is 9.97 Å². The van der Waals surface area contributed by atoms with Crippen LogP contribution in [0.5, 0.6) is 0 Å². The molecule has 0 saturated heterocycles. The molecule has 2 aromatic heterocycles. The molecule has 0 aliphatic rings. The Morgan fingerprint density at radius 3 is 2.42 bits per heavy atom. The molecule has 0 bridgehead atoms. The first-order valence-electron chi connectivity index (χ1n) is 11.0. The van der Waals surface area contributed by atoms with E-state index in [4.69, 9.17) is 5.73 Å². The quantitative estimate of drug-likeness (QED) is 0.305. The largest absolute Gasteiger partial charge is 0.366 e. The van der Waals surface area contributed by atoms with Gasteiger partial charge in [0.05, 0.1) is 10.4 Å². The van der Waals surface area contributed by atoms with E-state index < -0.39 is 15.7 Å². The van der Waals surface area contributed by atoms with Gasteiger partial charge in [-0.3, -0.25) is 9.78 Å². The number of pyridine rings is 1. The highest BCUT2D eigenvalue weighted by molar-refractivity contribution is 7.90. The minimum Gasteiger partial charge on any atom is -0.366 e. The third-order valence-corrected chi connectivity index (χ3v) is 7.69. The van der Waals surface area contributed by atoms with Gasteiger partial charge in [-0.2, -0.15) is 0 Å². The van der Waals surface area contributed by atoms with Crippen LogP contribution in [0.4, 0.5) is 0 Å². The highest BCUT2D eigenvalue weighted by Crippen LogP contribution is 2.32. The van der Waals surface area contributed by atoms with Crippen LogP contribution in [0.15, 0.2) is 95.5 Å². The normalized spacial score (nSPS) is 12.1. The van der Waals surface area contributed by atoms with E-state index in [0.29, 0.717) is 5.56 Å². The van der Waals surface area contributed by atoms with Crippen LogP contribution >= 0.6 is 11.3 Å². The Bertz CT molecular complexity index is 1720. The number of hydrogen-bond acceptors (Lipinski definition) is 6. The second-order valence-corrected chi connectivity index (χ2v) is 11.2. The zero-order chi connectivity index (χ0) is 25.3. The third kappa shape index (κ3) is 4.82. The standard InChI is InChI=1S/C28H21N3O3S2/c1-36(33,34)23-9-7-19(8-10-23)25(28-31-12-13-35-28)15-18-4-2-5-20(14-18)24-17-22(27(29)32)16-21-6-3-11-30-26(21)24/h2-17H,1H3,(H2,29,32)/b25-15-. The molecule has 0 aliphatic carbocycles. The van der Waals surface area contributed by atoms with E-state index in [1.807, 2.05) is 47.9 Å². The lowest BCUT2D eigenvalue weighted by molar-refractivity contribution is 0.100. The number of sulfone groups is 1. The number of hydrogen-bond donors (Lipinski definition) is 1. The number of amides is 1. The highest BCUT2D eigenvalue weighted by atomic mass is 32.2. The van der Waals surface area contributed by atoms with Crippen LogP contribution in [0.25, 0.3) is 33.7 Å². The number of primary amides is 1. The predicted molar refractivity (Wildman–Crippen MR) is 144 cm³/mol. The fraction of sp³-hybridized carbons (Fsp3) is 0.0357. The van der Waals surface area contributed by atoms with Gasteiger partial charge in [0.1, 0.15) is 5.01 Å². The van der Waals surface area contributed by atoms with Gasteiger partial charge in [-0.05, 0) is 59.2 Å². The van der Waals surface area contributed by atoms with Crippen LogP contribution in [0.2, 0.25) is 0 Å². The first-order valence-corrected chi connectivity index (χ1v) is 13.8. The lowest BCUT2D eigenvalue weighted by Gasteiger charge is -2.10.